The maximum absolute atomic E-state index is 12.5. The van der Waals surface area contributed by atoms with Gasteiger partial charge in [0.2, 0.25) is 0 Å². The van der Waals surface area contributed by atoms with Crippen LogP contribution < -0.4 is 0 Å². The summed E-state index contributed by atoms with van der Waals surface area (Å²) < 4.78 is 1.49. The lowest BCUT2D eigenvalue weighted by Gasteiger charge is -2.20. The minimum atomic E-state index is -1.12. The summed E-state index contributed by atoms with van der Waals surface area (Å²) in [5.41, 5.74) is 0.779. The smallest absolute Gasteiger partial charge is 0.326 e. The Morgan fingerprint density at radius 2 is 2.15 bits per heavy atom. The number of hydrogen-bond acceptors (Lipinski definition) is 5. The van der Waals surface area contributed by atoms with Crippen LogP contribution in [0.5, 0.6) is 0 Å². The molecular formula is C12H12N4O4. The third-order valence-electron chi connectivity index (χ3n) is 3.38. The number of hydrogen-bond donors (Lipinski definition) is 2. The molecule has 1 aliphatic rings. The lowest BCUT2D eigenvalue weighted by molar-refractivity contribution is -0.141. The molecule has 1 saturated heterocycles. The van der Waals surface area contributed by atoms with Gasteiger partial charge in [-0.1, -0.05) is 0 Å². The van der Waals surface area contributed by atoms with Crippen molar-refractivity contribution in [1.29, 1.82) is 0 Å². The average molecular weight is 276 g/mol. The lowest BCUT2D eigenvalue weighted by atomic mass is 10.2. The first-order chi connectivity index (χ1) is 9.58. The van der Waals surface area contributed by atoms with Crippen LogP contribution >= 0.6 is 0 Å². The number of amides is 1. The molecule has 0 spiro atoms. The summed E-state index contributed by atoms with van der Waals surface area (Å²) in [6.45, 7) is 0.00734. The normalized spacial score (nSPS) is 22.4. The van der Waals surface area contributed by atoms with Crippen molar-refractivity contribution >= 4 is 17.4 Å². The molecule has 20 heavy (non-hydrogen) atoms. The van der Waals surface area contributed by atoms with Crippen LogP contribution in [-0.2, 0) is 4.79 Å². The van der Waals surface area contributed by atoms with Crippen LogP contribution in [-0.4, -0.2) is 60.3 Å². The molecule has 3 rings (SSSR count). The second-order valence-corrected chi connectivity index (χ2v) is 4.67. The molecule has 2 aromatic heterocycles. The number of carbonyl (C=O) groups is 2. The lowest BCUT2D eigenvalue weighted by Crippen LogP contribution is -2.40. The average Bonchev–Trinajstić information content (AvgIpc) is 3.01. The molecular weight excluding hydrogens is 264 g/mol. The number of fused-ring (bicyclic) bond motifs is 1. The number of likely N-dealkylation sites (tertiary alicyclic amines) is 1. The molecule has 3 heterocycles. The maximum Gasteiger partial charge on any atom is 0.326 e. The molecule has 0 saturated carbocycles. The molecule has 2 N–H and O–H groups in total. The molecule has 2 unspecified atom stereocenters. The summed E-state index contributed by atoms with van der Waals surface area (Å²) >= 11 is 0. The van der Waals surface area contributed by atoms with Crippen molar-refractivity contribution in [3.8, 4) is 0 Å². The van der Waals surface area contributed by atoms with Crippen molar-refractivity contribution in [3.05, 3.63) is 30.4 Å². The first-order valence-corrected chi connectivity index (χ1v) is 6.07. The van der Waals surface area contributed by atoms with Gasteiger partial charge in [0.15, 0.2) is 0 Å². The third-order valence-corrected chi connectivity index (χ3v) is 3.38. The molecule has 1 amide bonds. The van der Waals surface area contributed by atoms with Crippen molar-refractivity contribution in [2.45, 2.75) is 18.6 Å². The zero-order valence-corrected chi connectivity index (χ0v) is 10.4. The predicted octanol–water partition coefficient (Wildman–Crippen LogP) is -0.611. The highest BCUT2D eigenvalue weighted by atomic mass is 16.4. The highest BCUT2D eigenvalue weighted by Crippen LogP contribution is 2.22. The molecule has 104 valence electrons. The summed E-state index contributed by atoms with van der Waals surface area (Å²) in [7, 11) is 0. The molecule has 0 aliphatic carbocycles. The van der Waals surface area contributed by atoms with Crippen LogP contribution in [0.25, 0.3) is 5.52 Å². The quantitative estimate of drug-likeness (QED) is 0.757. The van der Waals surface area contributed by atoms with Gasteiger partial charge in [-0.3, -0.25) is 9.78 Å². The molecule has 2 aromatic rings. The van der Waals surface area contributed by atoms with E-state index in [9.17, 15) is 14.7 Å². The topological polar surface area (TPSA) is 108 Å². The van der Waals surface area contributed by atoms with Crippen LogP contribution in [0, 0.1) is 0 Å². The minimum absolute atomic E-state index is 0.00734. The Hall–Kier alpha value is -2.48. The van der Waals surface area contributed by atoms with Gasteiger partial charge in [-0.05, 0) is 0 Å². The van der Waals surface area contributed by atoms with Crippen molar-refractivity contribution in [2.75, 3.05) is 6.54 Å². The zero-order valence-electron chi connectivity index (χ0n) is 10.4. The van der Waals surface area contributed by atoms with E-state index in [1.54, 1.807) is 6.20 Å². The summed E-state index contributed by atoms with van der Waals surface area (Å²) in [4.78, 5) is 28.7. The Labute approximate surface area is 113 Å². The number of aromatic nitrogens is 3. The van der Waals surface area contributed by atoms with Crippen molar-refractivity contribution in [2.24, 2.45) is 0 Å². The molecule has 1 fully saturated rings. The van der Waals surface area contributed by atoms with E-state index in [4.69, 9.17) is 5.11 Å². The Kier molecular flexibility index (Phi) is 2.87. The monoisotopic (exact) mass is 276 g/mol. The highest BCUT2D eigenvalue weighted by Gasteiger charge is 2.39. The van der Waals surface area contributed by atoms with Gasteiger partial charge >= 0.3 is 5.97 Å². The van der Waals surface area contributed by atoms with E-state index in [1.807, 2.05) is 0 Å². The molecule has 2 atom stereocenters. The van der Waals surface area contributed by atoms with Crippen LogP contribution in [0.15, 0.2) is 24.8 Å². The second kappa shape index (κ2) is 4.57. The van der Waals surface area contributed by atoms with Crippen LogP contribution in [0.3, 0.4) is 0 Å². The zero-order chi connectivity index (χ0) is 14.3. The van der Waals surface area contributed by atoms with Gasteiger partial charge in [0.25, 0.3) is 5.91 Å². The number of aliphatic carboxylic acids is 1. The summed E-state index contributed by atoms with van der Waals surface area (Å²) in [6.07, 6.45) is 5.22. The second-order valence-electron chi connectivity index (χ2n) is 4.67. The molecule has 0 bridgehead atoms. The number of nitrogens with zero attached hydrogens (tertiary/aromatic N) is 4. The Morgan fingerprint density at radius 3 is 2.90 bits per heavy atom. The van der Waals surface area contributed by atoms with Crippen LogP contribution in [0.4, 0.5) is 0 Å². The van der Waals surface area contributed by atoms with Gasteiger partial charge in [-0.15, -0.1) is 0 Å². The number of rotatable bonds is 2. The van der Waals surface area contributed by atoms with E-state index in [0.717, 1.165) is 4.90 Å². The van der Waals surface area contributed by atoms with Gasteiger partial charge in [-0.2, -0.15) is 5.10 Å². The Bertz CT molecular complexity index is 683. The Morgan fingerprint density at radius 1 is 1.35 bits per heavy atom. The molecule has 8 nitrogen and oxygen atoms in total. The highest BCUT2D eigenvalue weighted by molar-refractivity contribution is 6.02. The number of carboxylic acid groups (broad SMARTS) is 1. The van der Waals surface area contributed by atoms with Gasteiger partial charge in [0, 0.05) is 25.4 Å². The summed E-state index contributed by atoms with van der Waals surface area (Å²) in [6, 6.07) is -1.01. The molecule has 1 aliphatic heterocycles. The fourth-order valence-electron chi connectivity index (χ4n) is 2.43. The molecule has 8 heteroatoms. The van der Waals surface area contributed by atoms with E-state index in [0.29, 0.717) is 5.52 Å². The summed E-state index contributed by atoms with van der Waals surface area (Å²) in [5, 5.41) is 22.7. The number of aliphatic hydroxyl groups is 1. The van der Waals surface area contributed by atoms with E-state index in [2.05, 4.69) is 10.1 Å². The van der Waals surface area contributed by atoms with E-state index >= 15 is 0 Å². The standard InChI is InChI=1S/C12H12N4O4/c17-7-3-9(12(19)20)15(6-7)11(18)8-4-14-16-2-1-13-5-10(8)16/h1-2,4-5,7,9,17H,3,6H2,(H,19,20). The van der Waals surface area contributed by atoms with Gasteiger partial charge in [-0.25, -0.2) is 9.31 Å². The largest absolute Gasteiger partial charge is 0.480 e. The van der Waals surface area contributed by atoms with Crippen molar-refractivity contribution in [3.63, 3.8) is 0 Å². The van der Waals surface area contributed by atoms with Gasteiger partial charge < -0.3 is 15.1 Å². The Balaban J connectivity index is 1.98. The minimum Gasteiger partial charge on any atom is -0.480 e. The summed E-state index contributed by atoms with van der Waals surface area (Å²) in [5.74, 6) is -1.58. The molecule has 0 radical (unpaired) electrons. The third kappa shape index (κ3) is 1.90. The predicted molar refractivity (Wildman–Crippen MR) is 66.1 cm³/mol. The van der Waals surface area contributed by atoms with Crippen molar-refractivity contribution < 1.29 is 19.8 Å². The number of β-amino-alcohol motifs (C(OH)–C–C–N with tert-alkyl or cyclic N) is 1. The van der Waals surface area contributed by atoms with Crippen molar-refractivity contribution in [1.82, 2.24) is 19.5 Å². The number of carbonyl (C=O) groups excluding carboxylic acids is 1. The first-order valence-electron chi connectivity index (χ1n) is 6.07. The fraction of sp³-hybridized carbons (Fsp3) is 0.333. The van der Waals surface area contributed by atoms with E-state index < -0.39 is 24.0 Å². The van der Waals surface area contributed by atoms with Crippen LogP contribution in [0.1, 0.15) is 16.8 Å². The van der Waals surface area contributed by atoms with Crippen LogP contribution in [0.2, 0.25) is 0 Å². The number of aliphatic hydroxyl groups excluding tert-OH is 1. The fourth-order valence-corrected chi connectivity index (χ4v) is 2.43. The maximum atomic E-state index is 12.5. The first kappa shape index (κ1) is 12.5. The van der Waals surface area contributed by atoms with Gasteiger partial charge in [0.1, 0.15) is 6.04 Å². The van der Waals surface area contributed by atoms with Gasteiger partial charge in [0.05, 0.1) is 29.6 Å². The number of carboxylic acids is 1. The molecule has 0 aromatic carbocycles. The SMILES string of the molecule is O=C(O)C1CC(O)CN1C(=O)c1cnn2ccncc12. The van der Waals surface area contributed by atoms with E-state index in [-0.39, 0.29) is 18.5 Å². The van der Waals surface area contributed by atoms with E-state index in [1.165, 1.54) is 23.1 Å².